The van der Waals surface area contributed by atoms with Crippen molar-refractivity contribution in [3.05, 3.63) is 69.5 Å². The molecule has 0 radical (unpaired) electrons. The molecule has 0 fully saturated rings. The molecule has 0 atom stereocenters. The van der Waals surface area contributed by atoms with Gasteiger partial charge in [-0.2, -0.15) is 0 Å². The average Bonchev–Trinajstić information content (AvgIpc) is 3.13. The van der Waals surface area contributed by atoms with Crippen LogP contribution in [0.2, 0.25) is 5.02 Å². The summed E-state index contributed by atoms with van der Waals surface area (Å²) >= 11 is 7.42. The fourth-order valence-electron chi connectivity index (χ4n) is 3.12. The van der Waals surface area contributed by atoms with Gasteiger partial charge in [-0.3, -0.25) is 0 Å². The molecule has 0 saturated carbocycles. The molecule has 0 aliphatic carbocycles. The van der Waals surface area contributed by atoms with Gasteiger partial charge in [0, 0.05) is 22.0 Å². The largest absolute Gasteiger partial charge is 0.497 e. The Morgan fingerprint density at radius 3 is 2.59 bits per heavy atom. The molecule has 164 valence electrons. The van der Waals surface area contributed by atoms with Crippen LogP contribution in [-0.4, -0.2) is 24.2 Å². The number of ether oxygens (including phenoxy) is 2. The molecule has 32 heavy (non-hydrogen) atoms. The van der Waals surface area contributed by atoms with E-state index in [-0.39, 0.29) is 6.10 Å². The van der Waals surface area contributed by atoms with Gasteiger partial charge in [-0.25, -0.2) is 14.8 Å². The minimum Gasteiger partial charge on any atom is -0.497 e. The molecule has 0 unspecified atom stereocenters. The summed E-state index contributed by atoms with van der Waals surface area (Å²) in [5.41, 5.74) is 2.09. The van der Waals surface area contributed by atoms with E-state index >= 15 is 0 Å². The molecular formula is C24H21ClN2O4S. The van der Waals surface area contributed by atoms with E-state index in [1.807, 2.05) is 50.2 Å². The van der Waals surface area contributed by atoms with Gasteiger partial charge in [0.1, 0.15) is 22.0 Å². The first-order valence-corrected chi connectivity index (χ1v) is 11.1. The van der Waals surface area contributed by atoms with Gasteiger partial charge in [-0.1, -0.05) is 22.9 Å². The molecular weight excluding hydrogens is 448 g/mol. The fraction of sp³-hybridized carbons (Fsp3) is 0.208. The first-order chi connectivity index (χ1) is 15.3. The van der Waals surface area contributed by atoms with Crippen LogP contribution in [0.25, 0.3) is 22.3 Å². The number of hydrogen-bond acceptors (Lipinski definition) is 7. The van der Waals surface area contributed by atoms with Crippen LogP contribution >= 0.6 is 22.9 Å². The number of aromatic nitrogens is 1. The molecule has 0 saturated heterocycles. The van der Waals surface area contributed by atoms with E-state index in [0.717, 1.165) is 16.7 Å². The summed E-state index contributed by atoms with van der Waals surface area (Å²) in [7, 11) is 1.62. The molecule has 2 heterocycles. The highest BCUT2D eigenvalue weighted by Gasteiger charge is 2.18. The summed E-state index contributed by atoms with van der Waals surface area (Å²) in [6.07, 6.45) is -0.210. The van der Waals surface area contributed by atoms with Crippen molar-refractivity contribution >= 4 is 45.0 Å². The number of halogens is 1. The lowest BCUT2D eigenvalue weighted by Crippen LogP contribution is -2.11. The Kier molecular flexibility index (Phi) is 6.30. The van der Waals surface area contributed by atoms with E-state index in [1.54, 1.807) is 26.2 Å². The van der Waals surface area contributed by atoms with Crippen molar-refractivity contribution < 1.29 is 18.7 Å². The molecule has 2 aromatic heterocycles. The van der Waals surface area contributed by atoms with E-state index in [0.29, 0.717) is 37.4 Å². The van der Waals surface area contributed by atoms with Gasteiger partial charge in [0.05, 0.1) is 24.3 Å². The van der Waals surface area contributed by atoms with Crippen molar-refractivity contribution in [2.75, 3.05) is 7.11 Å². The maximum atomic E-state index is 12.4. The molecule has 6 nitrogen and oxygen atoms in total. The Morgan fingerprint density at radius 2 is 1.91 bits per heavy atom. The third kappa shape index (κ3) is 4.69. The van der Waals surface area contributed by atoms with Crippen molar-refractivity contribution in [3.8, 4) is 17.1 Å². The summed E-state index contributed by atoms with van der Waals surface area (Å²) in [6.45, 7) is 5.39. The van der Waals surface area contributed by atoms with Crippen LogP contribution in [0.5, 0.6) is 5.75 Å². The predicted octanol–water partition coefficient (Wildman–Crippen LogP) is 6.32. The molecule has 0 aliphatic heterocycles. The number of aryl methyl sites for hydroxylation is 1. The molecule has 2 aromatic carbocycles. The Morgan fingerprint density at radius 1 is 1.16 bits per heavy atom. The minimum atomic E-state index is -0.397. The molecule has 4 rings (SSSR count). The third-order valence-electron chi connectivity index (χ3n) is 4.61. The second-order valence-electron chi connectivity index (χ2n) is 7.34. The Hall–Kier alpha value is -3.16. The zero-order chi connectivity index (χ0) is 22.8. The maximum Gasteiger partial charge on any atom is 0.350 e. The van der Waals surface area contributed by atoms with Crippen LogP contribution in [0.15, 0.2) is 57.9 Å². The van der Waals surface area contributed by atoms with Gasteiger partial charge in [0.2, 0.25) is 5.13 Å². The van der Waals surface area contributed by atoms with Crippen LogP contribution in [0.1, 0.15) is 29.2 Å². The van der Waals surface area contributed by atoms with Gasteiger partial charge < -0.3 is 13.9 Å². The SMILES string of the molecule is COc1ccc(-c2c/c(=N\c3nc(C)c(C(=O)OC(C)C)s3)c3cc(Cl)ccc3o2)cc1. The number of rotatable bonds is 5. The summed E-state index contributed by atoms with van der Waals surface area (Å²) < 4.78 is 16.7. The second kappa shape index (κ2) is 9.14. The predicted molar refractivity (Wildman–Crippen MR) is 126 cm³/mol. The fourth-order valence-corrected chi connectivity index (χ4v) is 4.13. The lowest BCUT2D eigenvalue weighted by atomic mass is 10.1. The van der Waals surface area contributed by atoms with E-state index in [1.165, 1.54) is 11.3 Å². The zero-order valence-electron chi connectivity index (χ0n) is 18.0. The third-order valence-corrected chi connectivity index (χ3v) is 5.88. The second-order valence-corrected chi connectivity index (χ2v) is 8.76. The monoisotopic (exact) mass is 468 g/mol. The van der Waals surface area contributed by atoms with Crippen molar-refractivity contribution in [2.24, 2.45) is 4.99 Å². The van der Waals surface area contributed by atoms with Gasteiger partial charge in [-0.05, 0) is 63.2 Å². The van der Waals surface area contributed by atoms with E-state index < -0.39 is 5.97 Å². The molecule has 0 N–H and O–H groups in total. The number of carbonyl (C=O) groups is 1. The highest BCUT2D eigenvalue weighted by molar-refractivity contribution is 7.17. The van der Waals surface area contributed by atoms with Crippen molar-refractivity contribution in [2.45, 2.75) is 26.9 Å². The smallest absolute Gasteiger partial charge is 0.350 e. The van der Waals surface area contributed by atoms with Crippen LogP contribution in [0.4, 0.5) is 5.13 Å². The zero-order valence-corrected chi connectivity index (χ0v) is 19.6. The number of fused-ring (bicyclic) bond motifs is 1. The van der Waals surface area contributed by atoms with Crippen molar-refractivity contribution in [1.82, 2.24) is 4.98 Å². The molecule has 0 bridgehead atoms. The van der Waals surface area contributed by atoms with Crippen LogP contribution in [0, 0.1) is 6.92 Å². The Bertz CT molecular complexity index is 1360. The quantitative estimate of drug-likeness (QED) is 0.320. The van der Waals surface area contributed by atoms with Gasteiger partial charge in [0.15, 0.2) is 0 Å². The van der Waals surface area contributed by atoms with Crippen molar-refractivity contribution in [3.63, 3.8) is 0 Å². The highest BCUT2D eigenvalue weighted by Crippen LogP contribution is 2.28. The molecule has 0 spiro atoms. The first-order valence-electron chi connectivity index (χ1n) is 9.95. The summed E-state index contributed by atoms with van der Waals surface area (Å²) in [4.78, 5) is 22.0. The maximum absolute atomic E-state index is 12.4. The average molecular weight is 469 g/mol. The van der Waals surface area contributed by atoms with E-state index in [9.17, 15) is 4.79 Å². The molecule has 8 heteroatoms. The van der Waals surface area contributed by atoms with Crippen LogP contribution < -0.4 is 10.1 Å². The standard InChI is InChI=1S/C24H21ClN2O4S/c1-13(2)30-23(28)22-14(3)26-24(32-22)27-19-12-21(15-5-8-17(29-4)9-6-15)31-20-10-7-16(25)11-18(19)20/h5-13H,1-4H3/b27-19+. The number of benzene rings is 2. The topological polar surface area (TPSA) is 73.9 Å². The number of esters is 1. The number of nitrogens with zero attached hydrogens (tertiary/aromatic N) is 2. The van der Waals surface area contributed by atoms with E-state index in [2.05, 4.69) is 4.98 Å². The number of hydrogen-bond donors (Lipinski definition) is 0. The Labute approximate surface area is 194 Å². The molecule has 0 amide bonds. The van der Waals surface area contributed by atoms with Crippen LogP contribution in [-0.2, 0) is 4.74 Å². The first kappa shape index (κ1) is 22.0. The number of methoxy groups -OCH3 is 1. The summed E-state index contributed by atoms with van der Waals surface area (Å²) in [5.74, 6) is 0.991. The highest BCUT2D eigenvalue weighted by atomic mass is 35.5. The lowest BCUT2D eigenvalue weighted by Gasteiger charge is -2.06. The van der Waals surface area contributed by atoms with Gasteiger partial charge >= 0.3 is 5.97 Å². The minimum absolute atomic E-state index is 0.210. The lowest BCUT2D eigenvalue weighted by molar-refractivity contribution is 0.0382. The van der Waals surface area contributed by atoms with Gasteiger partial charge in [0.25, 0.3) is 0 Å². The molecule has 4 aromatic rings. The van der Waals surface area contributed by atoms with E-state index in [4.69, 9.17) is 30.5 Å². The normalized spacial score (nSPS) is 11.9. The van der Waals surface area contributed by atoms with Gasteiger partial charge in [-0.15, -0.1) is 0 Å². The summed E-state index contributed by atoms with van der Waals surface area (Å²) in [6, 6.07) is 14.8. The molecule has 0 aliphatic rings. The Balaban J connectivity index is 1.86. The number of carbonyl (C=O) groups excluding carboxylic acids is 1. The summed E-state index contributed by atoms with van der Waals surface area (Å²) in [5, 5.41) is 2.40. The number of thiazole rings is 1. The van der Waals surface area contributed by atoms with Crippen LogP contribution in [0.3, 0.4) is 0 Å². The van der Waals surface area contributed by atoms with Crippen molar-refractivity contribution in [1.29, 1.82) is 0 Å².